The minimum atomic E-state index is -0.702. The fraction of sp³-hybridized carbons (Fsp3) is 0.303. The first-order chi connectivity index (χ1) is 19.7. The van der Waals surface area contributed by atoms with E-state index in [0.29, 0.717) is 45.7 Å². The first kappa shape index (κ1) is 26.8. The van der Waals surface area contributed by atoms with Crippen LogP contribution in [-0.4, -0.2) is 47.5 Å². The molecule has 0 saturated carbocycles. The molecular formula is C33H29NO7. The summed E-state index contributed by atoms with van der Waals surface area (Å²) in [5, 5.41) is 9.39. The van der Waals surface area contributed by atoms with Gasteiger partial charge >= 0.3 is 0 Å². The van der Waals surface area contributed by atoms with E-state index in [-0.39, 0.29) is 48.8 Å². The number of imide groups is 1. The highest BCUT2D eigenvalue weighted by Crippen LogP contribution is 2.56. The maximum Gasteiger partial charge on any atom is 0.238 e. The van der Waals surface area contributed by atoms with Gasteiger partial charge in [-0.2, -0.15) is 0 Å². The topological polar surface area (TPSA) is 118 Å². The number of hydrogen-bond acceptors (Lipinski definition) is 7. The number of aliphatic hydroxyl groups is 1. The van der Waals surface area contributed by atoms with Crippen molar-refractivity contribution in [2.24, 2.45) is 17.8 Å². The van der Waals surface area contributed by atoms with Crippen molar-refractivity contribution in [2.45, 2.75) is 32.6 Å². The van der Waals surface area contributed by atoms with E-state index in [0.717, 1.165) is 5.57 Å². The minimum absolute atomic E-state index is 0.0546. The highest BCUT2D eigenvalue weighted by molar-refractivity contribution is 6.25. The van der Waals surface area contributed by atoms with E-state index in [1.807, 2.05) is 18.2 Å². The van der Waals surface area contributed by atoms with Crippen molar-refractivity contribution < 1.29 is 33.8 Å². The van der Waals surface area contributed by atoms with Crippen molar-refractivity contribution in [3.8, 4) is 5.75 Å². The molecule has 8 heteroatoms. The number of rotatable bonds is 6. The molecule has 8 nitrogen and oxygen atoms in total. The smallest absolute Gasteiger partial charge is 0.238 e. The number of carbonyl (C=O) groups is 5. The molecule has 0 radical (unpaired) electrons. The summed E-state index contributed by atoms with van der Waals surface area (Å²) >= 11 is 0. The number of para-hydroxylation sites is 1. The maximum absolute atomic E-state index is 14.0. The first-order valence-corrected chi connectivity index (χ1v) is 13.7. The molecule has 4 atom stereocenters. The van der Waals surface area contributed by atoms with Crippen LogP contribution in [0.1, 0.15) is 48.5 Å². The van der Waals surface area contributed by atoms with Crippen molar-refractivity contribution in [3.63, 3.8) is 0 Å². The van der Waals surface area contributed by atoms with Crippen LogP contribution in [0.5, 0.6) is 5.75 Å². The molecule has 0 aromatic heterocycles. The third-order valence-corrected chi connectivity index (χ3v) is 8.68. The predicted molar refractivity (Wildman–Crippen MR) is 149 cm³/mol. The molecule has 1 fully saturated rings. The monoisotopic (exact) mass is 551 g/mol. The zero-order chi connectivity index (χ0) is 29.0. The maximum atomic E-state index is 14.0. The average molecular weight is 552 g/mol. The number of benzene rings is 2. The lowest BCUT2D eigenvalue weighted by molar-refractivity contribution is -0.123. The minimum Gasteiger partial charge on any atom is -0.491 e. The Bertz CT molecular complexity index is 1610. The van der Waals surface area contributed by atoms with E-state index >= 15 is 0 Å². The molecule has 1 heterocycles. The van der Waals surface area contributed by atoms with Crippen LogP contribution in [0.15, 0.2) is 83.0 Å². The van der Waals surface area contributed by atoms with Crippen LogP contribution in [0.4, 0.5) is 5.69 Å². The van der Waals surface area contributed by atoms with Crippen LogP contribution in [0.25, 0.3) is 0 Å². The molecule has 0 bridgehead atoms. The van der Waals surface area contributed by atoms with E-state index in [2.05, 4.69) is 0 Å². The van der Waals surface area contributed by atoms with Crippen molar-refractivity contribution in [1.29, 1.82) is 0 Å². The number of allylic oxidation sites excluding steroid dienone is 6. The third-order valence-electron chi connectivity index (χ3n) is 8.68. The molecular weight excluding hydrogens is 522 g/mol. The summed E-state index contributed by atoms with van der Waals surface area (Å²) < 4.78 is 5.85. The van der Waals surface area contributed by atoms with Crippen LogP contribution < -0.4 is 9.64 Å². The van der Waals surface area contributed by atoms with Gasteiger partial charge in [-0.05, 0) is 69.0 Å². The Hall–Kier alpha value is -4.43. The lowest BCUT2D eigenvalue weighted by Crippen LogP contribution is -2.40. The quantitative estimate of drug-likeness (QED) is 0.250. The lowest BCUT2D eigenvalue weighted by Gasteiger charge is -2.42. The summed E-state index contributed by atoms with van der Waals surface area (Å²) in [7, 11) is 0. The van der Waals surface area contributed by atoms with Crippen molar-refractivity contribution in [1.82, 2.24) is 0 Å². The predicted octanol–water partition coefficient (Wildman–Crippen LogP) is 3.89. The summed E-state index contributed by atoms with van der Waals surface area (Å²) in [5.74, 6) is -3.17. The summed E-state index contributed by atoms with van der Waals surface area (Å²) in [5.41, 5.74) is 3.50. The average Bonchev–Trinajstić information content (AvgIpc) is 3.23. The highest BCUT2D eigenvalue weighted by atomic mass is 16.5. The Morgan fingerprint density at radius 1 is 1.00 bits per heavy atom. The summed E-state index contributed by atoms with van der Waals surface area (Å²) in [6, 6.07) is 13.6. The van der Waals surface area contributed by atoms with Crippen LogP contribution >= 0.6 is 0 Å². The highest BCUT2D eigenvalue weighted by Gasteiger charge is 2.56. The second-order valence-corrected chi connectivity index (χ2v) is 11.0. The van der Waals surface area contributed by atoms with Gasteiger partial charge in [-0.15, -0.1) is 0 Å². The number of anilines is 1. The molecule has 41 heavy (non-hydrogen) atoms. The Labute approximate surface area is 237 Å². The van der Waals surface area contributed by atoms with Gasteiger partial charge in [0, 0.05) is 33.8 Å². The molecule has 2 amide bonds. The molecule has 0 spiro atoms. The number of hydrogen-bond donors (Lipinski definition) is 1. The van der Waals surface area contributed by atoms with E-state index in [9.17, 15) is 29.1 Å². The number of ketones is 3. The van der Waals surface area contributed by atoms with Gasteiger partial charge in [-0.1, -0.05) is 29.8 Å². The Morgan fingerprint density at radius 3 is 2.44 bits per heavy atom. The first-order valence-electron chi connectivity index (χ1n) is 13.7. The largest absolute Gasteiger partial charge is 0.491 e. The number of amides is 2. The second kappa shape index (κ2) is 10.2. The fourth-order valence-corrected chi connectivity index (χ4v) is 6.82. The fourth-order valence-electron chi connectivity index (χ4n) is 6.82. The Morgan fingerprint density at radius 2 is 1.73 bits per heavy atom. The molecule has 6 rings (SSSR count). The van der Waals surface area contributed by atoms with Crippen molar-refractivity contribution in [3.05, 3.63) is 94.1 Å². The summed E-state index contributed by atoms with van der Waals surface area (Å²) in [6.07, 6.45) is 3.82. The van der Waals surface area contributed by atoms with E-state index in [1.165, 1.54) is 17.9 Å². The molecule has 4 aliphatic rings. The van der Waals surface area contributed by atoms with E-state index < -0.39 is 23.7 Å². The van der Waals surface area contributed by atoms with Gasteiger partial charge in [-0.3, -0.25) is 28.9 Å². The van der Waals surface area contributed by atoms with Gasteiger partial charge < -0.3 is 9.84 Å². The zero-order valence-corrected chi connectivity index (χ0v) is 22.8. The molecule has 2 aromatic carbocycles. The number of ether oxygens (including phenoxy) is 1. The molecule has 2 aromatic rings. The Kier molecular flexibility index (Phi) is 6.66. The SMILES string of the molecule is CC(=O)c1ccc(N2C(=O)[C@H]3[C@H](CC=C4[C@H](c5ccccc5OCCO)C5=C(C[C@H]43)C(=O)C=C(C)C5=O)C2=O)cc1. The summed E-state index contributed by atoms with van der Waals surface area (Å²) in [6.45, 7) is 2.94. The number of Topliss-reactive ketones (excluding diaryl/α,β-unsaturated/α-hetero) is 2. The van der Waals surface area contributed by atoms with E-state index in [1.54, 1.807) is 43.3 Å². The van der Waals surface area contributed by atoms with Crippen LogP contribution in [-0.2, 0) is 19.2 Å². The van der Waals surface area contributed by atoms with Gasteiger partial charge in [0.25, 0.3) is 0 Å². The van der Waals surface area contributed by atoms with Gasteiger partial charge in [-0.25, -0.2) is 0 Å². The zero-order valence-electron chi connectivity index (χ0n) is 22.8. The van der Waals surface area contributed by atoms with Crippen molar-refractivity contribution >= 4 is 34.9 Å². The van der Waals surface area contributed by atoms with Gasteiger partial charge in [0.15, 0.2) is 17.3 Å². The van der Waals surface area contributed by atoms with Gasteiger partial charge in [0.05, 0.1) is 24.1 Å². The Balaban J connectivity index is 1.46. The molecule has 1 aliphatic heterocycles. The standard InChI is InChI=1S/C33H29NO7/c1-17-15-26(37)25-16-24-21(28(30(25)31(17)38)22-5-3-4-6-27(22)41-14-13-35)11-12-23-29(24)33(40)34(32(23)39)20-9-7-19(8-10-20)18(2)36/h3-11,15,23-24,28-29,35H,12-14,16H2,1-2H3/t23-,24+,28+,29-/m0/s1. The molecule has 1 N–H and O–H groups in total. The molecule has 3 aliphatic carbocycles. The number of carbonyl (C=O) groups excluding carboxylic acids is 5. The van der Waals surface area contributed by atoms with E-state index in [4.69, 9.17) is 4.74 Å². The van der Waals surface area contributed by atoms with Crippen LogP contribution in [0.3, 0.4) is 0 Å². The van der Waals surface area contributed by atoms with Crippen LogP contribution in [0, 0.1) is 17.8 Å². The van der Waals surface area contributed by atoms with Crippen molar-refractivity contribution in [2.75, 3.05) is 18.1 Å². The second-order valence-electron chi connectivity index (χ2n) is 11.0. The molecule has 0 unspecified atom stereocenters. The van der Waals surface area contributed by atoms with Crippen LogP contribution in [0.2, 0.25) is 0 Å². The van der Waals surface area contributed by atoms with Gasteiger partial charge in [0.2, 0.25) is 11.8 Å². The molecule has 1 saturated heterocycles. The third kappa shape index (κ3) is 4.21. The number of nitrogens with zero attached hydrogens (tertiary/aromatic N) is 1. The van der Waals surface area contributed by atoms with Gasteiger partial charge in [0.1, 0.15) is 12.4 Å². The number of fused-ring (bicyclic) bond motifs is 3. The normalized spacial score (nSPS) is 25.4. The molecule has 208 valence electrons. The summed E-state index contributed by atoms with van der Waals surface area (Å²) in [4.78, 5) is 67.5. The number of aliphatic hydroxyl groups excluding tert-OH is 1. The lowest BCUT2D eigenvalue weighted by atomic mass is 9.59.